The summed E-state index contributed by atoms with van der Waals surface area (Å²) in [4.78, 5) is 26.8. The summed E-state index contributed by atoms with van der Waals surface area (Å²) in [6, 6.07) is 9.07. The van der Waals surface area contributed by atoms with Gasteiger partial charge in [0.05, 0.1) is 31.9 Å². The maximum Gasteiger partial charge on any atom is 0.317 e. The maximum absolute atomic E-state index is 12.6. The molecule has 2 aliphatic heterocycles. The van der Waals surface area contributed by atoms with Crippen LogP contribution in [0.3, 0.4) is 0 Å². The molecule has 2 N–H and O–H groups in total. The molecule has 3 amide bonds. The summed E-state index contributed by atoms with van der Waals surface area (Å²) >= 11 is 0. The van der Waals surface area contributed by atoms with Crippen LogP contribution in [0, 0.1) is 5.92 Å². The first-order chi connectivity index (χ1) is 15.5. The van der Waals surface area contributed by atoms with Crippen molar-refractivity contribution in [2.75, 3.05) is 19.6 Å². The van der Waals surface area contributed by atoms with Crippen LogP contribution in [-0.4, -0.2) is 57.1 Å². The smallest absolute Gasteiger partial charge is 0.317 e. The molecule has 0 saturated carbocycles. The minimum atomic E-state index is -0.446. The molecule has 9 nitrogen and oxygen atoms in total. The molecule has 1 aromatic heterocycles. The number of hydrogen-bond donors (Lipinski definition) is 2. The fourth-order valence-corrected chi connectivity index (χ4v) is 4.28. The second kappa shape index (κ2) is 9.68. The first kappa shape index (κ1) is 22.3. The Morgan fingerprint density at radius 2 is 2.00 bits per heavy atom. The van der Waals surface area contributed by atoms with Crippen molar-refractivity contribution in [1.29, 1.82) is 0 Å². The Balaban J connectivity index is 1.35. The lowest BCUT2D eigenvalue weighted by molar-refractivity contribution is -0.121. The molecule has 1 saturated heterocycles. The van der Waals surface area contributed by atoms with Gasteiger partial charge in [-0.2, -0.15) is 0 Å². The van der Waals surface area contributed by atoms with Gasteiger partial charge in [-0.1, -0.05) is 37.3 Å². The van der Waals surface area contributed by atoms with Crippen LogP contribution in [0.2, 0.25) is 0 Å². The van der Waals surface area contributed by atoms with Gasteiger partial charge in [0.1, 0.15) is 11.3 Å². The molecular formula is C23H32N6O3. The van der Waals surface area contributed by atoms with Crippen LogP contribution >= 0.6 is 0 Å². The molecule has 1 atom stereocenters. The summed E-state index contributed by atoms with van der Waals surface area (Å²) < 4.78 is 8.18. The van der Waals surface area contributed by atoms with Gasteiger partial charge in [-0.05, 0) is 37.3 Å². The molecule has 3 heterocycles. The lowest BCUT2D eigenvalue weighted by Gasteiger charge is -2.44. The summed E-state index contributed by atoms with van der Waals surface area (Å²) in [6.45, 7) is 7.48. The highest BCUT2D eigenvalue weighted by molar-refractivity contribution is 5.94. The Hall–Kier alpha value is -2.94. The van der Waals surface area contributed by atoms with E-state index in [0.29, 0.717) is 50.0 Å². The van der Waals surface area contributed by atoms with Crippen molar-refractivity contribution >= 4 is 11.9 Å². The number of carbonyl (C=O) groups is 2. The van der Waals surface area contributed by atoms with Crippen molar-refractivity contribution in [2.24, 2.45) is 5.92 Å². The zero-order chi connectivity index (χ0) is 22.6. The Kier molecular flexibility index (Phi) is 6.74. The molecule has 32 heavy (non-hydrogen) atoms. The summed E-state index contributed by atoms with van der Waals surface area (Å²) in [7, 11) is 0. The standard InChI is InChI=1S/C23H32N6O3/c1-17(2)9-11-24-22(31)28-12-6-10-23(15-28)16-29-20(14-32-23)19(26-27-29)13-25-21(30)18-7-4-3-5-8-18/h3-5,7-8,17H,6,9-16H2,1-2H3,(H,24,31)(H,25,30). The average molecular weight is 441 g/mol. The van der Waals surface area contributed by atoms with Gasteiger partial charge in [0.15, 0.2) is 0 Å². The number of amides is 3. The minimum Gasteiger partial charge on any atom is -0.365 e. The van der Waals surface area contributed by atoms with Crippen molar-refractivity contribution in [3.05, 3.63) is 47.3 Å². The summed E-state index contributed by atoms with van der Waals surface area (Å²) in [6.07, 6.45) is 2.73. The van der Waals surface area contributed by atoms with Crippen LogP contribution in [-0.2, 0) is 24.4 Å². The molecule has 0 aliphatic carbocycles. The fourth-order valence-electron chi connectivity index (χ4n) is 4.28. The highest BCUT2D eigenvalue weighted by Gasteiger charge is 2.42. The predicted octanol–water partition coefficient (Wildman–Crippen LogP) is 2.33. The van der Waals surface area contributed by atoms with E-state index in [1.54, 1.807) is 12.1 Å². The quantitative estimate of drug-likeness (QED) is 0.718. The summed E-state index contributed by atoms with van der Waals surface area (Å²) in [5.74, 6) is 0.411. The van der Waals surface area contributed by atoms with E-state index in [1.807, 2.05) is 27.8 Å². The Morgan fingerprint density at radius 3 is 2.78 bits per heavy atom. The number of ether oxygens (including phenoxy) is 1. The highest BCUT2D eigenvalue weighted by atomic mass is 16.5. The van der Waals surface area contributed by atoms with Crippen LogP contribution in [0.4, 0.5) is 4.79 Å². The normalized spacial score (nSPS) is 20.3. The van der Waals surface area contributed by atoms with Gasteiger partial charge < -0.3 is 20.3 Å². The van der Waals surface area contributed by atoms with E-state index in [9.17, 15) is 9.59 Å². The van der Waals surface area contributed by atoms with Crippen LogP contribution in [0.1, 0.15) is 54.9 Å². The number of likely N-dealkylation sites (tertiary alicyclic amines) is 1. The third-order valence-corrected chi connectivity index (χ3v) is 6.15. The van der Waals surface area contributed by atoms with Crippen molar-refractivity contribution < 1.29 is 14.3 Å². The molecule has 4 rings (SSSR count). The molecule has 0 bridgehead atoms. The molecule has 1 spiro atoms. The number of carbonyl (C=O) groups excluding carboxylic acids is 2. The van der Waals surface area contributed by atoms with Gasteiger partial charge in [0, 0.05) is 18.7 Å². The zero-order valence-corrected chi connectivity index (χ0v) is 18.8. The van der Waals surface area contributed by atoms with Crippen molar-refractivity contribution in [3.63, 3.8) is 0 Å². The maximum atomic E-state index is 12.6. The lowest BCUT2D eigenvalue weighted by Crippen LogP contribution is -2.57. The molecule has 172 valence electrons. The molecule has 1 unspecified atom stereocenters. The Morgan fingerprint density at radius 1 is 1.19 bits per heavy atom. The molecule has 1 aromatic carbocycles. The zero-order valence-electron chi connectivity index (χ0n) is 18.8. The molecular weight excluding hydrogens is 408 g/mol. The third-order valence-electron chi connectivity index (χ3n) is 6.15. The number of rotatable bonds is 6. The van der Waals surface area contributed by atoms with Crippen LogP contribution in [0.15, 0.2) is 30.3 Å². The topological polar surface area (TPSA) is 101 Å². The second-order valence-corrected chi connectivity index (χ2v) is 9.10. The summed E-state index contributed by atoms with van der Waals surface area (Å²) in [5, 5.41) is 14.5. The van der Waals surface area contributed by atoms with Crippen LogP contribution in [0.5, 0.6) is 0 Å². The minimum absolute atomic E-state index is 0.0259. The highest BCUT2D eigenvalue weighted by Crippen LogP contribution is 2.32. The van der Waals surface area contributed by atoms with Crippen LogP contribution < -0.4 is 10.6 Å². The average Bonchev–Trinajstić information content (AvgIpc) is 3.19. The Bertz CT molecular complexity index is 944. The van der Waals surface area contributed by atoms with E-state index in [4.69, 9.17) is 4.74 Å². The van der Waals surface area contributed by atoms with Gasteiger partial charge in [0.2, 0.25) is 0 Å². The molecule has 2 aromatic rings. The number of hydrogen-bond acceptors (Lipinski definition) is 5. The largest absolute Gasteiger partial charge is 0.365 e. The Labute approximate surface area is 188 Å². The monoisotopic (exact) mass is 440 g/mol. The predicted molar refractivity (Wildman–Crippen MR) is 119 cm³/mol. The number of fused-ring (bicyclic) bond motifs is 1. The molecule has 1 fully saturated rings. The van der Waals surface area contributed by atoms with Gasteiger partial charge >= 0.3 is 6.03 Å². The van der Waals surface area contributed by atoms with Gasteiger partial charge in [-0.3, -0.25) is 4.79 Å². The van der Waals surface area contributed by atoms with Crippen molar-refractivity contribution in [1.82, 2.24) is 30.5 Å². The lowest BCUT2D eigenvalue weighted by atomic mass is 9.91. The number of nitrogens with zero attached hydrogens (tertiary/aromatic N) is 4. The van der Waals surface area contributed by atoms with E-state index in [1.165, 1.54) is 0 Å². The van der Waals surface area contributed by atoms with E-state index < -0.39 is 5.60 Å². The fraction of sp³-hybridized carbons (Fsp3) is 0.565. The van der Waals surface area contributed by atoms with Crippen LogP contribution in [0.25, 0.3) is 0 Å². The van der Waals surface area contributed by atoms with E-state index in [2.05, 4.69) is 34.8 Å². The second-order valence-electron chi connectivity index (χ2n) is 9.10. The SMILES string of the molecule is CC(C)CCNC(=O)N1CCCC2(C1)Cn1nnc(CNC(=O)c3ccccc3)c1CO2. The summed E-state index contributed by atoms with van der Waals surface area (Å²) in [5.41, 5.74) is 1.75. The van der Waals surface area contributed by atoms with E-state index in [0.717, 1.165) is 31.5 Å². The molecule has 9 heteroatoms. The van der Waals surface area contributed by atoms with Gasteiger partial charge in [0.25, 0.3) is 5.91 Å². The molecule has 2 aliphatic rings. The number of urea groups is 1. The van der Waals surface area contributed by atoms with Gasteiger partial charge in [-0.15, -0.1) is 5.10 Å². The van der Waals surface area contributed by atoms with Crippen molar-refractivity contribution in [2.45, 2.75) is 58.4 Å². The number of piperidine rings is 1. The van der Waals surface area contributed by atoms with E-state index in [-0.39, 0.29) is 11.9 Å². The number of benzene rings is 1. The van der Waals surface area contributed by atoms with Gasteiger partial charge in [-0.25, -0.2) is 9.48 Å². The number of nitrogens with one attached hydrogen (secondary N) is 2. The first-order valence-electron chi connectivity index (χ1n) is 11.4. The van der Waals surface area contributed by atoms with E-state index >= 15 is 0 Å². The first-order valence-corrected chi connectivity index (χ1v) is 11.4. The molecule has 0 radical (unpaired) electrons. The van der Waals surface area contributed by atoms with Crippen molar-refractivity contribution in [3.8, 4) is 0 Å². The number of aromatic nitrogens is 3. The third kappa shape index (κ3) is 5.09.